The fourth-order valence-corrected chi connectivity index (χ4v) is 9.45. The van der Waals surface area contributed by atoms with Crippen LogP contribution in [0.25, 0.3) is 0 Å². The van der Waals surface area contributed by atoms with Gasteiger partial charge in [-0.3, -0.25) is 9.59 Å². The number of Topliss-reactive ketones (excluding diaryl/α,β-unsaturated/α-hetero) is 1. The van der Waals surface area contributed by atoms with Crippen LogP contribution in [0.15, 0.2) is 35.7 Å². The van der Waals surface area contributed by atoms with Crippen LogP contribution in [0.3, 0.4) is 0 Å². The molecule has 0 amide bonds. The molecular weight excluding hydrogens is 519 g/mol. The first-order valence-corrected chi connectivity index (χ1v) is 15.5. The fraction of sp³-hybridized carbons (Fsp3) is 0.655. The third-order valence-electron chi connectivity index (χ3n) is 11.0. The van der Waals surface area contributed by atoms with Gasteiger partial charge >= 0.3 is 13.1 Å². The zero-order valence-corrected chi connectivity index (χ0v) is 24.0. The summed E-state index contributed by atoms with van der Waals surface area (Å²) in [6.07, 6.45) is 3.11. The molecule has 212 valence electrons. The Labute approximate surface area is 231 Å². The zero-order chi connectivity index (χ0) is 28.5. The minimum absolute atomic E-state index is 0.0433. The van der Waals surface area contributed by atoms with Gasteiger partial charge in [-0.1, -0.05) is 39.8 Å². The van der Waals surface area contributed by atoms with E-state index in [0.29, 0.717) is 23.9 Å². The Balaban J connectivity index is 1.49. The SMILES string of the molecule is C=C[C@]1(C)C[C@@H](OC(=O)CS(=O)(=O)c2ccc3c(c2)B(O)OC3)[C@@]2(C)[C@@H]3C(=O)CC[C@@]3(CC[C@@H]2C)[C@@H](C)[C@@H]1O. The van der Waals surface area contributed by atoms with E-state index < -0.39 is 57.1 Å². The lowest BCUT2D eigenvalue weighted by Crippen LogP contribution is -2.63. The highest BCUT2D eigenvalue weighted by atomic mass is 32.2. The van der Waals surface area contributed by atoms with Gasteiger partial charge in [0.05, 0.1) is 17.6 Å². The van der Waals surface area contributed by atoms with E-state index in [9.17, 15) is 28.1 Å². The van der Waals surface area contributed by atoms with Crippen LogP contribution in [0.4, 0.5) is 0 Å². The fourth-order valence-electron chi connectivity index (χ4n) is 8.32. The van der Waals surface area contributed by atoms with Gasteiger partial charge in [-0.05, 0) is 66.1 Å². The van der Waals surface area contributed by atoms with E-state index >= 15 is 0 Å². The van der Waals surface area contributed by atoms with Crippen LogP contribution in [-0.4, -0.2) is 55.4 Å². The summed E-state index contributed by atoms with van der Waals surface area (Å²) >= 11 is 0. The number of carbonyl (C=O) groups excluding carboxylic acids is 2. The van der Waals surface area contributed by atoms with Crippen molar-refractivity contribution in [1.82, 2.24) is 0 Å². The number of aliphatic hydroxyl groups excluding tert-OH is 1. The molecule has 4 aliphatic rings. The second kappa shape index (κ2) is 9.53. The maximum atomic E-state index is 13.5. The molecule has 1 aliphatic heterocycles. The molecule has 0 aromatic heterocycles. The van der Waals surface area contributed by atoms with Gasteiger partial charge in [-0.25, -0.2) is 8.42 Å². The second-order valence-corrected chi connectivity index (χ2v) is 14.8. The highest BCUT2D eigenvalue weighted by Crippen LogP contribution is 2.68. The van der Waals surface area contributed by atoms with Crippen molar-refractivity contribution >= 4 is 34.2 Å². The molecule has 0 radical (unpaired) electrons. The smallest absolute Gasteiger partial charge is 0.461 e. The van der Waals surface area contributed by atoms with Gasteiger partial charge < -0.3 is 19.5 Å². The number of rotatable bonds is 5. The first-order valence-electron chi connectivity index (χ1n) is 13.9. The quantitative estimate of drug-likeness (QED) is 0.321. The number of aliphatic hydroxyl groups is 1. The van der Waals surface area contributed by atoms with E-state index in [1.807, 2.05) is 20.8 Å². The van der Waals surface area contributed by atoms with Gasteiger partial charge in [0.15, 0.2) is 15.6 Å². The molecule has 0 saturated heterocycles. The summed E-state index contributed by atoms with van der Waals surface area (Å²) in [4.78, 5) is 26.8. The van der Waals surface area contributed by atoms with Crippen LogP contribution in [0.1, 0.15) is 65.4 Å². The van der Waals surface area contributed by atoms with Crippen LogP contribution in [0, 0.1) is 34.0 Å². The Morgan fingerprint density at radius 3 is 2.69 bits per heavy atom. The third kappa shape index (κ3) is 4.24. The number of hydrogen-bond acceptors (Lipinski definition) is 8. The molecule has 2 N–H and O–H groups in total. The Morgan fingerprint density at radius 1 is 1.28 bits per heavy atom. The number of sulfone groups is 1. The summed E-state index contributed by atoms with van der Waals surface area (Å²) < 4.78 is 37.7. The predicted molar refractivity (Wildman–Crippen MR) is 146 cm³/mol. The molecule has 1 aromatic rings. The topological polar surface area (TPSA) is 127 Å². The average Bonchev–Trinajstić information content (AvgIpc) is 3.44. The van der Waals surface area contributed by atoms with Crippen molar-refractivity contribution in [2.45, 2.75) is 83.5 Å². The van der Waals surface area contributed by atoms with Gasteiger partial charge in [-0.2, -0.15) is 0 Å². The Bertz CT molecular complexity index is 1310. The van der Waals surface area contributed by atoms with Crippen LogP contribution in [-0.2, 0) is 35.4 Å². The van der Waals surface area contributed by atoms with Gasteiger partial charge in [0.2, 0.25) is 0 Å². The van der Waals surface area contributed by atoms with Crippen molar-refractivity contribution in [3.8, 4) is 0 Å². The van der Waals surface area contributed by atoms with Crippen LogP contribution in [0.5, 0.6) is 0 Å². The van der Waals surface area contributed by atoms with Crippen molar-refractivity contribution in [3.05, 3.63) is 36.4 Å². The zero-order valence-electron chi connectivity index (χ0n) is 23.2. The summed E-state index contributed by atoms with van der Waals surface area (Å²) in [6, 6.07) is 4.32. The highest BCUT2D eigenvalue weighted by molar-refractivity contribution is 7.92. The minimum atomic E-state index is -4.09. The molecule has 1 aromatic carbocycles. The lowest BCUT2D eigenvalue weighted by molar-refractivity contribution is -0.205. The number of carbonyl (C=O) groups is 2. The monoisotopic (exact) mass is 558 g/mol. The largest absolute Gasteiger partial charge is 0.491 e. The summed E-state index contributed by atoms with van der Waals surface area (Å²) in [6.45, 7) is 12.2. The highest BCUT2D eigenvalue weighted by Gasteiger charge is 2.68. The standard InChI is InChI=1S/C29H39BO8S/c1-6-27(4)14-23(28(5)17(2)9-11-29(18(3)26(27)33)12-10-22(31)25(28)29)38-24(32)16-39(35,36)20-8-7-19-15-37-30(34)21(19)13-20/h6-8,13,17-18,23,25-26,33-34H,1,9-12,14-16H2,2-5H3/t17-,18-,23+,25-,26-,27+,28-,29-/m0/s1. The lowest BCUT2D eigenvalue weighted by Gasteiger charge is -2.61. The van der Waals surface area contributed by atoms with E-state index in [1.165, 1.54) is 12.1 Å². The van der Waals surface area contributed by atoms with E-state index in [0.717, 1.165) is 12.8 Å². The molecule has 10 heteroatoms. The Kier molecular flexibility index (Phi) is 6.97. The van der Waals surface area contributed by atoms with E-state index in [4.69, 9.17) is 9.39 Å². The van der Waals surface area contributed by atoms with Crippen molar-refractivity contribution < 1.29 is 37.5 Å². The summed E-state index contributed by atoms with van der Waals surface area (Å²) in [5, 5.41) is 21.6. The van der Waals surface area contributed by atoms with E-state index in [2.05, 4.69) is 13.5 Å². The summed E-state index contributed by atoms with van der Waals surface area (Å²) in [7, 11) is -5.30. The maximum absolute atomic E-state index is 13.5. The molecule has 0 unspecified atom stereocenters. The molecule has 3 aliphatic carbocycles. The van der Waals surface area contributed by atoms with Crippen molar-refractivity contribution in [2.24, 2.45) is 34.0 Å². The van der Waals surface area contributed by atoms with Crippen molar-refractivity contribution in [1.29, 1.82) is 0 Å². The number of fused-ring (bicyclic) bond motifs is 1. The Morgan fingerprint density at radius 2 is 2.00 bits per heavy atom. The molecule has 5 rings (SSSR count). The third-order valence-corrected chi connectivity index (χ3v) is 12.6. The van der Waals surface area contributed by atoms with Crippen molar-refractivity contribution in [3.63, 3.8) is 0 Å². The number of ether oxygens (including phenoxy) is 1. The summed E-state index contributed by atoms with van der Waals surface area (Å²) in [5.74, 6) is -2.14. The molecule has 3 fully saturated rings. The number of ketones is 1. The van der Waals surface area contributed by atoms with Crippen LogP contribution < -0.4 is 5.46 Å². The van der Waals surface area contributed by atoms with Gasteiger partial charge in [0.1, 0.15) is 11.9 Å². The van der Waals surface area contributed by atoms with E-state index in [-0.39, 0.29) is 41.5 Å². The van der Waals surface area contributed by atoms with E-state index in [1.54, 1.807) is 12.1 Å². The molecule has 8 atom stereocenters. The predicted octanol–water partition coefficient (Wildman–Crippen LogP) is 2.58. The number of esters is 1. The molecule has 8 nitrogen and oxygen atoms in total. The second-order valence-electron chi connectivity index (χ2n) is 12.8. The van der Waals surface area contributed by atoms with Gasteiger partial charge in [0, 0.05) is 23.2 Å². The molecule has 2 bridgehead atoms. The minimum Gasteiger partial charge on any atom is -0.461 e. The molecule has 0 spiro atoms. The first-order chi connectivity index (χ1) is 18.2. The summed E-state index contributed by atoms with van der Waals surface area (Å²) in [5.41, 5.74) is -0.875. The van der Waals surface area contributed by atoms with Gasteiger partial charge in [-0.15, -0.1) is 6.58 Å². The van der Waals surface area contributed by atoms with Crippen molar-refractivity contribution in [2.75, 3.05) is 5.75 Å². The number of benzene rings is 1. The Hall–Kier alpha value is -2.01. The first kappa shape index (κ1) is 28.5. The molecular formula is C29H39BO8S. The van der Waals surface area contributed by atoms with Gasteiger partial charge in [0.25, 0.3) is 0 Å². The van der Waals surface area contributed by atoms with Crippen LogP contribution >= 0.6 is 0 Å². The molecule has 39 heavy (non-hydrogen) atoms. The maximum Gasteiger partial charge on any atom is 0.491 e. The lowest BCUT2D eigenvalue weighted by atomic mass is 9.44. The normalized spacial score (nSPS) is 39.9. The van der Waals surface area contributed by atoms with Crippen LogP contribution in [0.2, 0.25) is 0 Å². The number of hydrogen-bond donors (Lipinski definition) is 2. The molecule has 1 heterocycles. The average molecular weight is 559 g/mol. The molecule has 3 saturated carbocycles.